The van der Waals surface area contributed by atoms with E-state index in [1.807, 2.05) is 24.4 Å². The average molecular weight is 492 g/mol. The molecule has 2 aliphatic heterocycles. The first-order valence-corrected chi connectivity index (χ1v) is 13.5. The van der Waals surface area contributed by atoms with E-state index in [4.69, 9.17) is 4.74 Å². The number of nitrogens with zero attached hydrogens (tertiary/aromatic N) is 1. The maximum atomic E-state index is 13.5. The first kappa shape index (κ1) is 23.7. The second kappa shape index (κ2) is 9.82. The van der Waals surface area contributed by atoms with Crippen LogP contribution in [0.1, 0.15) is 36.6 Å². The average Bonchev–Trinajstić information content (AvgIpc) is 3.31. The molecule has 3 heterocycles. The molecule has 0 radical (unpaired) electrons. The zero-order chi connectivity index (χ0) is 23.6. The van der Waals surface area contributed by atoms with Crippen LogP contribution in [0.5, 0.6) is 5.75 Å². The molecular formula is C23H29N3O5S2. The van der Waals surface area contributed by atoms with Crippen molar-refractivity contribution >= 4 is 38.9 Å². The van der Waals surface area contributed by atoms with Gasteiger partial charge in [-0.25, -0.2) is 8.42 Å². The van der Waals surface area contributed by atoms with E-state index in [1.165, 1.54) is 15.2 Å². The van der Waals surface area contributed by atoms with Gasteiger partial charge in [-0.05, 0) is 55.7 Å². The lowest BCUT2D eigenvalue weighted by molar-refractivity contribution is -0.126. The number of nitrogens with one attached hydrogen (secondary N) is 2. The van der Waals surface area contributed by atoms with E-state index in [-0.39, 0.29) is 29.2 Å². The van der Waals surface area contributed by atoms with Gasteiger partial charge in [0.1, 0.15) is 5.75 Å². The summed E-state index contributed by atoms with van der Waals surface area (Å²) in [6.45, 7) is 4.59. The molecule has 1 aromatic heterocycles. The van der Waals surface area contributed by atoms with Gasteiger partial charge < -0.3 is 15.4 Å². The Morgan fingerprint density at radius 2 is 2.18 bits per heavy atom. The molecule has 0 unspecified atom stereocenters. The first-order chi connectivity index (χ1) is 15.8. The number of carbonyl (C=O) groups excluding carboxylic acids is 2. The van der Waals surface area contributed by atoms with Crippen molar-refractivity contribution in [1.29, 1.82) is 0 Å². The van der Waals surface area contributed by atoms with Crippen LogP contribution < -0.4 is 15.4 Å². The molecular weight excluding hydrogens is 462 g/mol. The fourth-order valence-corrected chi connectivity index (χ4v) is 6.71. The SMILES string of the molecule is CC[C@H]1Oc2cc(S(=O)(=O)N3CCC[C@@H](C(=O)NCCc4cccs4)C3)c(C)cc2NC1=O. The molecule has 2 amide bonds. The lowest BCUT2D eigenvalue weighted by Crippen LogP contribution is -2.45. The lowest BCUT2D eigenvalue weighted by atomic mass is 9.99. The molecule has 8 nitrogen and oxygen atoms in total. The number of anilines is 1. The van der Waals surface area contributed by atoms with Gasteiger partial charge in [0, 0.05) is 30.6 Å². The Hall–Kier alpha value is -2.43. The van der Waals surface area contributed by atoms with Gasteiger partial charge in [-0.1, -0.05) is 13.0 Å². The summed E-state index contributed by atoms with van der Waals surface area (Å²) in [6, 6.07) is 7.14. The molecule has 1 fully saturated rings. The van der Waals surface area contributed by atoms with Crippen LogP contribution in [-0.2, 0) is 26.0 Å². The molecule has 4 rings (SSSR count). The second-order valence-electron chi connectivity index (χ2n) is 8.44. The van der Waals surface area contributed by atoms with Gasteiger partial charge in [-0.2, -0.15) is 4.31 Å². The van der Waals surface area contributed by atoms with Gasteiger partial charge in [-0.3, -0.25) is 9.59 Å². The number of fused-ring (bicyclic) bond motifs is 1. The van der Waals surface area contributed by atoms with Crippen LogP contribution >= 0.6 is 11.3 Å². The van der Waals surface area contributed by atoms with E-state index in [9.17, 15) is 18.0 Å². The molecule has 1 saturated heterocycles. The Balaban J connectivity index is 1.46. The minimum atomic E-state index is -3.82. The predicted octanol–water partition coefficient (Wildman–Crippen LogP) is 2.93. The van der Waals surface area contributed by atoms with Crippen LogP contribution in [0.4, 0.5) is 5.69 Å². The quantitative estimate of drug-likeness (QED) is 0.620. The van der Waals surface area contributed by atoms with Gasteiger partial charge in [-0.15, -0.1) is 11.3 Å². The minimum absolute atomic E-state index is 0.106. The molecule has 2 aliphatic rings. The zero-order valence-electron chi connectivity index (χ0n) is 18.8. The molecule has 2 aromatic rings. The van der Waals surface area contributed by atoms with Crippen molar-refractivity contribution in [3.8, 4) is 5.75 Å². The topological polar surface area (TPSA) is 105 Å². The largest absolute Gasteiger partial charge is 0.478 e. The van der Waals surface area contributed by atoms with E-state index < -0.39 is 16.1 Å². The number of thiophene rings is 1. The van der Waals surface area contributed by atoms with Gasteiger partial charge in [0.25, 0.3) is 5.91 Å². The number of hydrogen-bond donors (Lipinski definition) is 2. The summed E-state index contributed by atoms with van der Waals surface area (Å²) < 4.78 is 34.1. The van der Waals surface area contributed by atoms with Crippen LogP contribution in [0.2, 0.25) is 0 Å². The number of aryl methyl sites for hydroxylation is 1. The number of benzene rings is 1. The summed E-state index contributed by atoms with van der Waals surface area (Å²) >= 11 is 1.65. The van der Waals surface area contributed by atoms with Gasteiger partial charge in [0.2, 0.25) is 15.9 Å². The number of ether oxygens (including phenoxy) is 1. The highest BCUT2D eigenvalue weighted by Crippen LogP contribution is 2.36. The number of carbonyl (C=O) groups is 2. The highest BCUT2D eigenvalue weighted by Gasteiger charge is 2.35. The minimum Gasteiger partial charge on any atom is -0.478 e. The van der Waals surface area contributed by atoms with Crippen molar-refractivity contribution in [2.75, 3.05) is 25.0 Å². The highest BCUT2D eigenvalue weighted by molar-refractivity contribution is 7.89. The highest BCUT2D eigenvalue weighted by atomic mass is 32.2. The molecule has 33 heavy (non-hydrogen) atoms. The van der Waals surface area contributed by atoms with Gasteiger partial charge in [0.05, 0.1) is 16.5 Å². The van der Waals surface area contributed by atoms with Crippen molar-refractivity contribution in [3.63, 3.8) is 0 Å². The van der Waals surface area contributed by atoms with Crippen LogP contribution in [0.3, 0.4) is 0 Å². The molecule has 1 aromatic carbocycles. The van der Waals surface area contributed by atoms with Gasteiger partial charge in [0.15, 0.2) is 6.10 Å². The molecule has 0 bridgehead atoms. The Bertz CT molecular complexity index is 1130. The third-order valence-electron chi connectivity index (χ3n) is 6.09. The third-order valence-corrected chi connectivity index (χ3v) is 9.03. The van der Waals surface area contributed by atoms with Gasteiger partial charge >= 0.3 is 0 Å². The van der Waals surface area contributed by atoms with Crippen molar-refractivity contribution < 1.29 is 22.7 Å². The molecule has 0 saturated carbocycles. The Morgan fingerprint density at radius 1 is 1.36 bits per heavy atom. The fourth-order valence-electron chi connectivity index (χ4n) is 4.25. The zero-order valence-corrected chi connectivity index (χ0v) is 20.4. The smallest absolute Gasteiger partial charge is 0.265 e. The summed E-state index contributed by atoms with van der Waals surface area (Å²) in [6.07, 6.45) is 1.88. The summed E-state index contributed by atoms with van der Waals surface area (Å²) in [5.41, 5.74) is 0.998. The first-order valence-electron chi connectivity index (χ1n) is 11.2. The van der Waals surface area contributed by atoms with Crippen LogP contribution in [0, 0.1) is 12.8 Å². The van der Waals surface area contributed by atoms with Crippen molar-refractivity contribution in [2.45, 2.75) is 50.5 Å². The van der Waals surface area contributed by atoms with Crippen molar-refractivity contribution in [3.05, 3.63) is 40.1 Å². The summed E-state index contributed by atoms with van der Waals surface area (Å²) in [5, 5.41) is 7.75. The number of piperidine rings is 1. The Labute approximate surface area is 198 Å². The number of amides is 2. The summed E-state index contributed by atoms with van der Waals surface area (Å²) in [5.74, 6) is -0.366. The maximum Gasteiger partial charge on any atom is 0.265 e. The van der Waals surface area contributed by atoms with E-state index in [0.29, 0.717) is 49.4 Å². The molecule has 2 atom stereocenters. The van der Waals surface area contributed by atoms with Crippen LogP contribution in [0.15, 0.2) is 34.5 Å². The normalized spacial score (nSPS) is 21.1. The van der Waals surface area contributed by atoms with E-state index in [0.717, 1.165) is 6.42 Å². The van der Waals surface area contributed by atoms with Crippen LogP contribution in [-0.4, -0.2) is 50.3 Å². The van der Waals surface area contributed by atoms with E-state index in [2.05, 4.69) is 10.6 Å². The van der Waals surface area contributed by atoms with E-state index >= 15 is 0 Å². The standard InChI is InChI=1S/C23H29N3O5S2/c1-3-19-23(28)25-18-12-15(2)21(13-20(18)31-19)33(29,30)26-10-4-6-16(14-26)22(27)24-9-8-17-7-5-11-32-17/h5,7,11-13,16,19H,3-4,6,8-10,14H2,1-2H3,(H,24,27)(H,25,28)/t16-,19-/m1/s1. The monoisotopic (exact) mass is 491 g/mol. The lowest BCUT2D eigenvalue weighted by Gasteiger charge is -2.32. The molecule has 2 N–H and O–H groups in total. The number of rotatable bonds is 7. The summed E-state index contributed by atoms with van der Waals surface area (Å²) in [7, 11) is -3.82. The fraction of sp³-hybridized carbons (Fsp3) is 0.478. The van der Waals surface area contributed by atoms with Crippen molar-refractivity contribution in [2.24, 2.45) is 5.92 Å². The third kappa shape index (κ3) is 5.07. The van der Waals surface area contributed by atoms with Crippen molar-refractivity contribution in [1.82, 2.24) is 9.62 Å². The van der Waals surface area contributed by atoms with Crippen LogP contribution in [0.25, 0.3) is 0 Å². The Morgan fingerprint density at radius 3 is 2.91 bits per heavy atom. The Kier molecular flexibility index (Phi) is 7.06. The molecule has 0 spiro atoms. The molecule has 178 valence electrons. The van der Waals surface area contributed by atoms with E-state index in [1.54, 1.807) is 24.3 Å². The second-order valence-corrected chi connectivity index (χ2v) is 11.4. The summed E-state index contributed by atoms with van der Waals surface area (Å²) in [4.78, 5) is 26.1. The number of hydrogen-bond acceptors (Lipinski definition) is 6. The predicted molar refractivity (Wildman–Crippen MR) is 127 cm³/mol. The number of sulfonamides is 1. The molecule has 10 heteroatoms. The maximum absolute atomic E-state index is 13.5. The molecule has 0 aliphatic carbocycles.